The molecule has 0 amide bonds. The Bertz CT molecular complexity index is 73.3. The Balaban J connectivity index is 3.04. The van der Waals surface area contributed by atoms with Crippen LogP contribution in [0.15, 0.2) is 5.18 Å². The summed E-state index contributed by atoms with van der Waals surface area (Å²) in [5.41, 5.74) is 0. The molecule has 0 N–H and O–H groups in total. The van der Waals surface area contributed by atoms with Crippen molar-refractivity contribution in [3.05, 3.63) is 4.91 Å². The Kier molecular flexibility index (Phi) is 5.48. The maximum absolute atomic E-state index is 9.73. The first-order valence-electron chi connectivity index (χ1n) is 3.60. The van der Waals surface area contributed by atoms with Crippen LogP contribution in [0.4, 0.5) is 0 Å². The highest BCUT2D eigenvalue weighted by atomic mass is 16.3. The highest BCUT2D eigenvalue weighted by molar-refractivity contribution is 4.54. The minimum Gasteiger partial charge on any atom is -0.151 e. The topological polar surface area (TPSA) is 29.4 Å². The van der Waals surface area contributed by atoms with Crippen LogP contribution in [0.3, 0.4) is 0 Å². The second kappa shape index (κ2) is 5.73. The van der Waals surface area contributed by atoms with Gasteiger partial charge in [-0.15, -0.1) is 0 Å². The summed E-state index contributed by atoms with van der Waals surface area (Å²) in [6.07, 6.45) is 3.57. The van der Waals surface area contributed by atoms with Crippen LogP contribution >= 0.6 is 0 Å². The zero-order chi connectivity index (χ0) is 7.11. The van der Waals surface area contributed by atoms with Gasteiger partial charge in [-0.3, -0.25) is 0 Å². The summed E-state index contributed by atoms with van der Waals surface area (Å²) in [6.45, 7) is 4.71. The third-order valence-corrected chi connectivity index (χ3v) is 1.44. The third-order valence-electron chi connectivity index (χ3n) is 1.44. The first-order chi connectivity index (χ1) is 4.31. The van der Waals surface area contributed by atoms with Crippen LogP contribution < -0.4 is 0 Å². The van der Waals surface area contributed by atoms with Crippen LogP contribution in [0.25, 0.3) is 0 Å². The summed E-state index contributed by atoms with van der Waals surface area (Å²) in [6, 6.07) is 0. The predicted molar refractivity (Wildman–Crippen MR) is 39.4 cm³/mol. The summed E-state index contributed by atoms with van der Waals surface area (Å²) in [5.74, 6) is 0.488. The quantitative estimate of drug-likeness (QED) is 0.524. The predicted octanol–water partition coefficient (Wildman–Crippen LogP) is 2.58. The SMILES string of the molecule is CCCC[C@@H](C)CN=O. The molecule has 0 aliphatic heterocycles. The first kappa shape index (κ1) is 8.60. The lowest BCUT2D eigenvalue weighted by Gasteiger charge is -2.02. The van der Waals surface area contributed by atoms with E-state index in [9.17, 15) is 4.91 Å². The summed E-state index contributed by atoms with van der Waals surface area (Å²) >= 11 is 0. The molecule has 0 saturated heterocycles. The zero-order valence-corrected chi connectivity index (χ0v) is 6.26. The number of rotatable bonds is 5. The lowest BCUT2D eigenvalue weighted by molar-refractivity contribution is 0.516. The van der Waals surface area contributed by atoms with E-state index < -0.39 is 0 Å². The van der Waals surface area contributed by atoms with Crippen molar-refractivity contribution < 1.29 is 0 Å². The van der Waals surface area contributed by atoms with Gasteiger partial charge in [0.25, 0.3) is 0 Å². The lowest BCUT2D eigenvalue weighted by Crippen LogP contribution is -1.97. The van der Waals surface area contributed by atoms with Crippen molar-refractivity contribution in [1.29, 1.82) is 0 Å². The number of hydrogen-bond donors (Lipinski definition) is 0. The molecule has 0 aromatic carbocycles. The van der Waals surface area contributed by atoms with Gasteiger partial charge in [-0.05, 0) is 12.3 Å². The fourth-order valence-electron chi connectivity index (χ4n) is 0.771. The highest BCUT2D eigenvalue weighted by Gasteiger charge is 1.98. The minimum atomic E-state index is 0.486. The molecule has 2 heteroatoms. The van der Waals surface area contributed by atoms with E-state index in [0.29, 0.717) is 12.5 Å². The molecule has 0 spiro atoms. The molecule has 0 saturated carbocycles. The molecule has 0 aromatic heterocycles. The van der Waals surface area contributed by atoms with Crippen LogP contribution in [0.5, 0.6) is 0 Å². The smallest absolute Gasteiger partial charge is 0.0836 e. The lowest BCUT2D eigenvalue weighted by atomic mass is 10.1. The van der Waals surface area contributed by atoms with Gasteiger partial charge in [-0.1, -0.05) is 31.9 Å². The average molecular weight is 129 g/mol. The number of nitroso groups, excluding NO2 is 1. The van der Waals surface area contributed by atoms with E-state index in [4.69, 9.17) is 0 Å². The van der Waals surface area contributed by atoms with Crippen LogP contribution in [0.2, 0.25) is 0 Å². The normalized spacial score (nSPS) is 13.1. The molecule has 2 nitrogen and oxygen atoms in total. The Hall–Kier alpha value is -0.400. The van der Waals surface area contributed by atoms with Gasteiger partial charge in [-0.2, -0.15) is 4.91 Å². The molecule has 0 rings (SSSR count). The van der Waals surface area contributed by atoms with Gasteiger partial charge >= 0.3 is 0 Å². The van der Waals surface area contributed by atoms with Crippen molar-refractivity contribution in [2.24, 2.45) is 11.1 Å². The maximum atomic E-state index is 9.73. The molecule has 0 heterocycles. The molecule has 0 bridgehead atoms. The fourth-order valence-corrected chi connectivity index (χ4v) is 0.771. The van der Waals surface area contributed by atoms with E-state index >= 15 is 0 Å². The van der Waals surface area contributed by atoms with Crippen LogP contribution in [0.1, 0.15) is 33.1 Å². The minimum absolute atomic E-state index is 0.486. The summed E-state index contributed by atoms with van der Waals surface area (Å²) in [4.78, 5) is 9.73. The zero-order valence-electron chi connectivity index (χ0n) is 6.26. The summed E-state index contributed by atoms with van der Waals surface area (Å²) in [5, 5.41) is 2.84. The van der Waals surface area contributed by atoms with Gasteiger partial charge in [0.05, 0.1) is 6.54 Å². The van der Waals surface area contributed by atoms with Crippen molar-refractivity contribution in [1.82, 2.24) is 0 Å². The molecular weight excluding hydrogens is 114 g/mol. The van der Waals surface area contributed by atoms with Crippen molar-refractivity contribution in [2.75, 3.05) is 6.54 Å². The molecule has 9 heavy (non-hydrogen) atoms. The van der Waals surface area contributed by atoms with Crippen LogP contribution in [0, 0.1) is 10.8 Å². The maximum Gasteiger partial charge on any atom is 0.0836 e. The average Bonchev–Trinajstić information content (AvgIpc) is 1.85. The Morgan fingerprint density at radius 2 is 2.22 bits per heavy atom. The third kappa shape index (κ3) is 5.47. The molecule has 0 fully saturated rings. The van der Waals surface area contributed by atoms with Crippen LogP contribution in [-0.2, 0) is 0 Å². The number of nitrogens with zero attached hydrogens (tertiary/aromatic N) is 1. The monoisotopic (exact) mass is 129 g/mol. The Morgan fingerprint density at radius 3 is 2.67 bits per heavy atom. The largest absolute Gasteiger partial charge is 0.151 e. The standard InChI is InChI=1S/C7H15NO/c1-3-4-5-7(2)6-8-9/h7H,3-6H2,1-2H3/t7-/m1/s1. The molecule has 0 unspecified atom stereocenters. The van der Waals surface area contributed by atoms with Gasteiger partial charge in [0, 0.05) is 0 Å². The van der Waals surface area contributed by atoms with Gasteiger partial charge < -0.3 is 0 Å². The van der Waals surface area contributed by atoms with Gasteiger partial charge in [0.15, 0.2) is 0 Å². The highest BCUT2D eigenvalue weighted by Crippen LogP contribution is 2.06. The first-order valence-corrected chi connectivity index (χ1v) is 3.60. The van der Waals surface area contributed by atoms with E-state index in [-0.39, 0.29) is 0 Å². The number of hydrogen-bond acceptors (Lipinski definition) is 2. The van der Waals surface area contributed by atoms with E-state index in [1.807, 2.05) is 0 Å². The molecule has 0 aromatic rings. The van der Waals surface area contributed by atoms with Crippen molar-refractivity contribution >= 4 is 0 Å². The van der Waals surface area contributed by atoms with Gasteiger partial charge in [0.2, 0.25) is 0 Å². The number of unbranched alkanes of at least 4 members (excludes halogenated alkanes) is 1. The van der Waals surface area contributed by atoms with Gasteiger partial charge in [-0.25, -0.2) is 0 Å². The molecule has 0 aliphatic rings. The molecule has 1 atom stereocenters. The molecule has 0 radical (unpaired) electrons. The molecule has 0 aliphatic carbocycles. The summed E-state index contributed by atoms with van der Waals surface area (Å²) in [7, 11) is 0. The van der Waals surface area contributed by atoms with Gasteiger partial charge in [0.1, 0.15) is 0 Å². The van der Waals surface area contributed by atoms with Crippen molar-refractivity contribution in [3.63, 3.8) is 0 Å². The van der Waals surface area contributed by atoms with Crippen LogP contribution in [-0.4, -0.2) is 6.54 Å². The Morgan fingerprint density at radius 1 is 1.56 bits per heavy atom. The Labute approximate surface area is 56.6 Å². The second-order valence-corrected chi connectivity index (χ2v) is 2.56. The van der Waals surface area contributed by atoms with Crippen molar-refractivity contribution in [3.8, 4) is 0 Å². The summed E-state index contributed by atoms with van der Waals surface area (Å²) < 4.78 is 0. The van der Waals surface area contributed by atoms with Crippen molar-refractivity contribution in [2.45, 2.75) is 33.1 Å². The van der Waals surface area contributed by atoms with E-state index in [1.165, 1.54) is 12.8 Å². The van der Waals surface area contributed by atoms with E-state index in [2.05, 4.69) is 19.0 Å². The molecule has 54 valence electrons. The van der Waals surface area contributed by atoms with E-state index in [1.54, 1.807) is 0 Å². The fraction of sp³-hybridized carbons (Fsp3) is 1.00. The van der Waals surface area contributed by atoms with E-state index in [0.717, 1.165) is 6.42 Å². The molecular formula is C7H15NO. The second-order valence-electron chi connectivity index (χ2n) is 2.56.